The van der Waals surface area contributed by atoms with Crippen LogP contribution in [-0.2, 0) is 15.0 Å². The van der Waals surface area contributed by atoms with Gasteiger partial charge in [0.25, 0.3) is 0 Å². The van der Waals surface area contributed by atoms with E-state index in [4.69, 9.17) is 9.97 Å². The number of allylic oxidation sites excluding steroid dienone is 4. The summed E-state index contributed by atoms with van der Waals surface area (Å²) in [6.45, 7) is 0. The minimum absolute atomic E-state index is 0.0348. The lowest BCUT2D eigenvalue weighted by Crippen LogP contribution is -2.81. The van der Waals surface area contributed by atoms with Crippen molar-refractivity contribution in [2.45, 2.75) is 43.9 Å². The second-order valence-electron chi connectivity index (χ2n) is 13.9. The van der Waals surface area contributed by atoms with Gasteiger partial charge in [-0.1, -0.05) is 0 Å². The van der Waals surface area contributed by atoms with Crippen LogP contribution in [-0.4, -0.2) is 31.5 Å². The lowest BCUT2D eigenvalue weighted by Gasteiger charge is -2.88. The molecule has 6 fully saturated rings. The van der Waals surface area contributed by atoms with Crippen LogP contribution in [0, 0.1) is 16.2 Å². The van der Waals surface area contributed by atoms with Crippen LogP contribution in [0.1, 0.15) is 66.9 Å². The first kappa shape index (κ1) is 23.0. The molecule has 3 aromatic heterocycles. The Labute approximate surface area is 242 Å². The van der Waals surface area contributed by atoms with E-state index in [1.807, 2.05) is 0 Å². The molecule has 7 aliphatic carbocycles. The van der Waals surface area contributed by atoms with E-state index in [2.05, 4.69) is 76.7 Å². The first-order valence-electron chi connectivity index (χ1n) is 14.9. The van der Waals surface area contributed by atoms with E-state index in [-0.39, 0.29) is 22.4 Å². The molecule has 3 aromatic rings. The Kier molecular flexibility index (Phi) is 3.97. The molecule has 2 aliphatic heterocycles. The smallest absolute Gasteiger partial charge is 0.182 e. The highest BCUT2D eigenvalue weighted by atomic mass is 16.1. The van der Waals surface area contributed by atoms with Crippen molar-refractivity contribution in [2.75, 3.05) is 0 Å². The topological polar surface area (TPSA) is 91.5 Å². The molecule has 6 nitrogen and oxygen atoms in total. The number of nitrogens with zero attached hydrogens (tertiary/aromatic N) is 2. The van der Waals surface area contributed by atoms with E-state index >= 15 is 0 Å². The molecule has 42 heavy (non-hydrogen) atoms. The molecule has 0 spiro atoms. The van der Waals surface area contributed by atoms with Crippen molar-refractivity contribution in [1.82, 2.24) is 19.9 Å². The number of aromatic nitrogens is 4. The van der Waals surface area contributed by atoms with Gasteiger partial charge in [-0.3, -0.25) is 9.59 Å². The highest BCUT2D eigenvalue weighted by molar-refractivity contribution is 6.18. The van der Waals surface area contributed by atoms with Gasteiger partial charge in [0.05, 0.1) is 22.8 Å². The fraction of sp³-hybridized carbons (Fsp3) is 0.278. The molecule has 0 unspecified atom stereocenters. The molecule has 0 radical (unpaired) electrons. The maximum Gasteiger partial charge on any atom is 0.182 e. The molecule has 0 aromatic carbocycles. The van der Waals surface area contributed by atoms with Crippen LogP contribution in [0.15, 0.2) is 66.3 Å². The number of ketones is 2. The van der Waals surface area contributed by atoms with Crippen LogP contribution in [0.2, 0.25) is 0 Å². The molecule has 0 amide bonds. The molecule has 5 heterocycles. The average Bonchev–Trinajstić information content (AvgIpc) is 3.67. The molecule has 2 N–H and O–H groups in total. The lowest BCUT2D eigenvalue weighted by atomic mass is 9.16. The van der Waals surface area contributed by atoms with E-state index in [9.17, 15) is 9.59 Å². The Balaban J connectivity index is 1.04. The standard InChI is InChI=1S/C36H28N4O2/c41-27-7-10-31(42)28(14-27)33-15-35(16-33,17-33)36-18-34(19-36,20-36)32-29-8-5-25(39-29)12-23-3-1-21(37-23)11-22-2-4-24(38-22)13-26-6-9-30(32)40-26/h1-14,37-38H,15-20H2. The minimum Gasteiger partial charge on any atom is -0.355 e. The summed E-state index contributed by atoms with van der Waals surface area (Å²) in [5, 5.41) is 0. The van der Waals surface area contributed by atoms with Gasteiger partial charge in [-0.2, -0.15) is 0 Å². The molecule has 12 bridgehead atoms. The fourth-order valence-corrected chi connectivity index (χ4v) is 9.73. The minimum atomic E-state index is -0.0573. The highest BCUT2D eigenvalue weighted by Crippen LogP contribution is 2.92. The van der Waals surface area contributed by atoms with E-state index in [1.165, 1.54) is 17.7 Å². The molecule has 9 aliphatic rings. The summed E-state index contributed by atoms with van der Waals surface area (Å²) in [5.74, 6) is -0.0127. The van der Waals surface area contributed by atoms with E-state index < -0.39 is 0 Å². The van der Waals surface area contributed by atoms with Crippen LogP contribution >= 0.6 is 0 Å². The van der Waals surface area contributed by atoms with E-state index in [0.29, 0.717) is 10.8 Å². The zero-order chi connectivity index (χ0) is 27.9. The third-order valence-corrected chi connectivity index (χ3v) is 11.5. The summed E-state index contributed by atoms with van der Waals surface area (Å²) in [5.41, 5.74) is 10.8. The molecule has 0 saturated heterocycles. The van der Waals surface area contributed by atoms with Crippen LogP contribution in [0.5, 0.6) is 0 Å². The Morgan fingerprint density at radius 3 is 1.62 bits per heavy atom. The number of H-pyrrole nitrogens is 2. The summed E-state index contributed by atoms with van der Waals surface area (Å²) in [4.78, 5) is 41.8. The van der Waals surface area contributed by atoms with Crippen molar-refractivity contribution in [2.24, 2.45) is 16.2 Å². The molecule has 6 heteroatoms. The number of fused-ring (bicyclic) bond motifs is 8. The number of rotatable bonds is 3. The summed E-state index contributed by atoms with van der Waals surface area (Å²) in [7, 11) is 0. The number of carbonyl (C=O) groups is 2. The lowest BCUT2D eigenvalue weighted by molar-refractivity contribution is -0.349. The number of hydrogen-bond acceptors (Lipinski definition) is 4. The fourth-order valence-electron chi connectivity index (χ4n) is 9.73. The van der Waals surface area contributed by atoms with Crippen molar-refractivity contribution < 1.29 is 9.59 Å². The molecule has 12 rings (SSSR count). The van der Waals surface area contributed by atoms with Gasteiger partial charge in [-0.05, 0) is 134 Å². The molecular formula is C36H28N4O2. The maximum absolute atomic E-state index is 12.6. The number of carbonyl (C=O) groups excluding carboxylic acids is 2. The maximum atomic E-state index is 12.6. The first-order valence-corrected chi connectivity index (χ1v) is 14.9. The van der Waals surface area contributed by atoms with Crippen LogP contribution < -0.4 is 0 Å². The number of aromatic amines is 2. The summed E-state index contributed by atoms with van der Waals surface area (Å²) < 4.78 is 0. The number of hydrogen-bond donors (Lipinski definition) is 2. The Hall–Kier alpha value is -4.58. The molecule has 0 atom stereocenters. The monoisotopic (exact) mass is 548 g/mol. The van der Waals surface area contributed by atoms with Gasteiger partial charge in [0, 0.05) is 44.0 Å². The summed E-state index contributed by atoms with van der Waals surface area (Å²) >= 11 is 0. The largest absolute Gasteiger partial charge is 0.355 e. The third-order valence-electron chi connectivity index (χ3n) is 11.5. The molecule has 204 valence electrons. The summed E-state index contributed by atoms with van der Waals surface area (Å²) in [6.07, 6.45) is 19.7. The van der Waals surface area contributed by atoms with Gasteiger partial charge in [-0.25, -0.2) is 9.97 Å². The molecule has 6 saturated carbocycles. The molecular weight excluding hydrogens is 520 g/mol. The Bertz CT molecular complexity index is 1980. The predicted molar refractivity (Wildman–Crippen MR) is 163 cm³/mol. The van der Waals surface area contributed by atoms with Crippen LogP contribution in [0.25, 0.3) is 46.4 Å². The second kappa shape index (κ2) is 7.24. The summed E-state index contributed by atoms with van der Waals surface area (Å²) in [6, 6.07) is 14.7. The van der Waals surface area contributed by atoms with Crippen molar-refractivity contribution in [3.05, 3.63) is 94.6 Å². The quantitative estimate of drug-likeness (QED) is 0.240. The van der Waals surface area contributed by atoms with Gasteiger partial charge in [0.15, 0.2) is 11.6 Å². The van der Waals surface area contributed by atoms with E-state index in [1.54, 1.807) is 6.08 Å². The van der Waals surface area contributed by atoms with Crippen molar-refractivity contribution in [3.63, 3.8) is 0 Å². The Morgan fingerprint density at radius 1 is 0.571 bits per heavy atom. The SMILES string of the molecule is O=C1C=CC(=O)C(C23CC(C45CC(c6c7nc(cc8ccc(cc9ccc(cc%10nc6C=C%10)[nH]9)[nH]8)C=C7)(C4)C5)(C2)C3)=C1. The van der Waals surface area contributed by atoms with Gasteiger partial charge in [-0.15, -0.1) is 0 Å². The highest BCUT2D eigenvalue weighted by Gasteiger charge is 2.85. The predicted octanol–water partition coefficient (Wildman–Crippen LogP) is 6.88. The van der Waals surface area contributed by atoms with E-state index in [0.717, 1.165) is 88.9 Å². The van der Waals surface area contributed by atoms with Crippen LogP contribution in [0.3, 0.4) is 0 Å². The van der Waals surface area contributed by atoms with Gasteiger partial charge < -0.3 is 9.97 Å². The normalized spacial score (nSPS) is 33.0. The van der Waals surface area contributed by atoms with Gasteiger partial charge >= 0.3 is 0 Å². The van der Waals surface area contributed by atoms with Crippen LogP contribution in [0.4, 0.5) is 0 Å². The van der Waals surface area contributed by atoms with Crippen molar-refractivity contribution >= 4 is 57.9 Å². The van der Waals surface area contributed by atoms with Crippen molar-refractivity contribution in [1.29, 1.82) is 0 Å². The first-order chi connectivity index (χ1) is 20.3. The van der Waals surface area contributed by atoms with Gasteiger partial charge in [0.1, 0.15) is 0 Å². The zero-order valence-electron chi connectivity index (χ0n) is 23.0. The Morgan fingerprint density at radius 2 is 1.07 bits per heavy atom. The van der Waals surface area contributed by atoms with Gasteiger partial charge in [0.2, 0.25) is 0 Å². The second-order valence-corrected chi connectivity index (χ2v) is 13.9. The number of nitrogens with one attached hydrogen (secondary N) is 2. The van der Waals surface area contributed by atoms with Crippen molar-refractivity contribution in [3.8, 4) is 0 Å². The zero-order valence-corrected chi connectivity index (χ0v) is 23.0. The third kappa shape index (κ3) is 2.85. The average molecular weight is 549 g/mol.